The lowest BCUT2D eigenvalue weighted by Crippen LogP contribution is -2.36. The third-order valence-corrected chi connectivity index (χ3v) is 8.17. The lowest BCUT2D eigenvalue weighted by molar-refractivity contribution is -0.0683. The van der Waals surface area contributed by atoms with Crippen molar-refractivity contribution in [2.45, 2.75) is 49.0 Å². The minimum absolute atomic E-state index is 0.0337. The summed E-state index contributed by atoms with van der Waals surface area (Å²) in [6, 6.07) is 0.183. The Kier molecular flexibility index (Phi) is 10.5. The molecule has 1 aliphatic carbocycles. The molecule has 5 rings (SSSR count). The summed E-state index contributed by atoms with van der Waals surface area (Å²) in [5.41, 5.74) is -0.789. The van der Waals surface area contributed by atoms with Crippen LogP contribution in [0, 0.1) is 12.3 Å². The summed E-state index contributed by atoms with van der Waals surface area (Å²) in [4.78, 5) is 13.3. The average molecular weight is 611 g/mol. The van der Waals surface area contributed by atoms with Crippen LogP contribution in [-0.4, -0.2) is 149 Å². The van der Waals surface area contributed by atoms with E-state index in [1.54, 1.807) is 6.20 Å². The molecule has 3 N–H and O–H groups in total. The van der Waals surface area contributed by atoms with E-state index in [9.17, 15) is 15.3 Å². The first-order chi connectivity index (χ1) is 20.4. The second-order valence-electron chi connectivity index (χ2n) is 10.7. The molecule has 232 valence electrons. The number of anilines is 1. The van der Waals surface area contributed by atoms with Gasteiger partial charge in [-0.25, -0.2) is 4.68 Å². The Labute approximate surface area is 249 Å². The first-order valence-electron chi connectivity index (χ1n) is 14.2. The van der Waals surface area contributed by atoms with Crippen molar-refractivity contribution in [1.29, 1.82) is 0 Å². The molecule has 2 aromatic rings. The van der Waals surface area contributed by atoms with Crippen LogP contribution in [0.25, 0.3) is 11.0 Å². The Balaban J connectivity index is 1.06. The van der Waals surface area contributed by atoms with Crippen molar-refractivity contribution in [2.75, 3.05) is 84.4 Å². The molecular weight excluding hydrogens is 572 g/mol. The molecule has 0 radical (unpaired) electrons. The first-order valence-corrected chi connectivity index (χ1v) is 14.6. The van der Waals surface area contributed by atoms with Gasteiger partial charge >= 0.3 is 0 Å². The number of rotatable bonds is 16. The molecule has 1 saturated carbocycles. The highest BCUT2D eigenvalue weighted by molar-refractivity contribution is 6.28. The molecule has 3 unspecified atom stereocenters. The third-order valence-electron chi connectivity index (χ3n) is 8.00. The highest BCUT2D eigenvalue weighted by atomic mass is 35.5. The maximum atomic E-state index is 10.7. The Morgan fingerprint density at radius 3 is 2.40 bits per heavy atom. The second-order valence-corrected chi connectivity index (χ2v) is 11.0. The quantitative estimate of drug-likeness (QED) is 0.126. The number of aliphatic hydroxyl groups excluding tert-OH is 3. The van der Waals surface area contributed by atoms with Gasteiger partial charge in [0.1, 0.15) is 30.2 Å². The molecule has 2 aliphatic heterocycles. The minimum Gasteiger partial charge on any atom is -0.390 e. The van der Waals surface area contributed by atoms with Crippen LogP contribution in [0.15, 0.2) is 6.20 Å². The highest BCUT2D eigenvalue weighted by Gasteiger charge is 2.69. The zero-order valence-corrected chi connectivity index (χ0v) is 24.4. The smallest absolute Gasteiger partial charge is 0.226 e. The third kappa shape index (κ3) is 6.81. The van der Waals surface area contributed by atoms with Gasteiger partial charge in [-0.2, -0.15) is 15.1 Å². The van der Waals surface area contributed by atoms with E-state index in [-0.39, 0.29) is 17.7 Å². The van der Waals surface area contributed by atoms with E-state index in [1.807, 2.05) is 7.05 Å². The standard InChI is InChI=1S/C27H39ClN6O8/c1-3-7-38-9-11-40-13-14-41-12-10-39-8-6-33-5-4-18(17-33)32(2)23-19-16-29-34(24(19)31-26(28)30-23)25-21(36)22(37)27(42-25)15-20(27)35/h1,16,18,20-22,25,35-37H,4-15,17H2,2H3/t18?,20?,21-,22+,25?,27-/m1/s1. The number of terminal acetylenes is 1. The van der Waals surface area contributed by atoms with Gasteiger partial charge in [0.05, 0.1) is 63.9 Å². The molecule has 2 saturated heterocycles. The molecule has 3 aliphatic rings. The number of aliphatic hydroxyl groups is 3. The number of halogens is 1. The van der Waals surface area contributed by atoms with Crippen molar-refractivity contribution in [3.8, 4) is 12.3 Å². The second kappa shape index (κ2) is 14.1. The number of hydrogen-bond donors (Lipinski definition) is 3. The van der Waals surface area contributed by atoms with E-state index < -0.39 is 30.1 Å². The number of likely N-dealkylation sites (N-methyl/N-ethyl adjacent to an activating group) is 1. The van der Waals surface area contributed by atoms with Crippen LogP contribution in [0.3, 0.4) is 0 Å². The number of nitrogens with zero attached hydrogens (tertiary/aromatic N) is 6. The zero-order chi connectivity index (χ0) is 29.7. The molecule has 0 aromatic carbocycles. The van der Waals surface area contributed by atoms with Crippen molar-refractivity contribution >= 4 is 28.5 Å². The SMILES string of the molecule is C#CCOCCOCCOCCOCCN1CCC(N(C)c2nc(Cl)nc3c2cnn3C2O[C@@]3(CC3O)[C@@H](O)[C@H]2O)C1. The molecule has 4 heterocycles. The predicted molar refractivity (Wildman–Crippen MR) is 151 cm³/mol. The van der Waals surface area contributed by atoms with Crippen molar-refractivity contribution in [3.63, 3.8) is 0 Å². The topological polar surface area (TPSA) is 157 Å². The van der Waals surface area contributed by atoms with Crippen molar-refractivity contribution in [1.82, 2.24) is 24.6 Å². The fraction of sp³-hybridized carbons (Fsp3) is 0.741. The van der Waals surface area contributed by atoms with Crippen LogP contribution in [0.4, 0.5) is 5.82 Å². The van der Waals surface area contributed by atoms with Gasteiger partial charge in [0.2, 0.25) is 5.28 Å². The lowest BCUT2D eigenvalue weighted by atomic mass is 10.1. The summed E-state index contributed by atoms with van der Waals surface area (Å²) in [5, 5.41) is 36.2. The largest absolute Gasteiger partial charge is 0.390 e. The van der Waals surface area contributed by atoms with Crippen molar-refractivity contribution in [2.24, 2.45) is 0 Å². The summed E-state index contributed by atoms with van der Waals surface area (Å²) in [7, 11) is 1.96. The molecule has 42 heavy (non-hydrogen) atoms. The number of fused-ring (bicyclic) bond motifs is 1. The van der Waals surface area contributed by atoms with Crippen molar-refractivity contribution < 1.29 is 39.0 Å². The normalized spacial score (nSPS) is 29.1. The van der Waals surface area contributed by atoms with E-state index >= 15 is 0 Å². The Hall–Kier alpha value is -2.16. The molecule has 6 atom stereocenters. The summed E-state index contributed by atoms with van der Waals surface area (Å²) in [6.45, 7) is 6.42. The van der Waals surface area contributed by atoms with Crippen LogP contribution < -0.4 is 4.90 Å². The van der Waals surface area contributed by atoms with Gasteiger partial charge in [-0.05, 0) is 18.0 Å². The van der Waals surface area contributed by atoms with E-state index in [2.05, 4.69) is 30.8 Å². The molecule has 15 heteroatoms. The van der Waals surface area contributed by atoms with Gasteiger partial charge in [-0.1, -0.05) is 5.92 Å². The maximum absolute atomic E-state index is 10.7. The molecule has 14 nitrogen and oxygen atoms in total. The van der Waals surface area contributed by atoms with Crippen LogP contribution in [-0.2, 0) is 23.7 Å². The van der Waals surface area contributed by atoms with Crippen LogP contribution in [0.1, 0.15) is 19.1 Å². The summed E-state index contributed by atoms with van der Waals surface area (Å²) >= 11 is 6.33. The van der Waals surface area contributed by atoms with Gasteiger partial charge in [0, 0.05) is 39.1 Å². The first kappa shape index (κ1) is 31.3. The zero-order valence-electron chi connectivity index (χ0n) is 23.7. The van der Waals surface area contributed by atoms with Gasteiger partial charge in [-0.15, -0.1) is 6.42 Å². The average Bonchev–Trinajstić information content (AvgIpc) is 3.31. The molecule has 1 spiro atoms. The van der Waals surface area contributed by atoms with Gasteiger partial charge in [-0.3, -0.25) is 4.90 Å². The molecular formula is C27H39ClN6O8. The Morgan fingerprint density at radius 2 is 1.76 bits per heavy atom. The van der Waals surface area contributed by atoms with Gasteiger partial charge < -0.3 is 43.9 Å². The number of aromatic nitrogens is 4. The number of hydrogen-bond acceptors (Lipinski definition) is 13. The van der Waals surface area contributed by atoms with E-state index in [4.69, 9.17) is 41.7 Å². The lowest BCUT2D eigenvalue weighted by Gasteiger charge is -2.26. The highest BCUT2D eigenvalue weighted by Crippen LogP contribution is 2.53. The minimum atomic E-state index is -1.28. The van der Waals surface area contributed by atoms with Crippen LogP contribution in [0.5, 0.6) is 0 Å². The molecule has 3 fully saturated rings. The van der Waals surface area contributed by atoms with Crippen LogP contribution >= 0.6 is 11.6 Å². The fourth-order valence-corrected chi connectivity index (χ4v) is 5.68. The maximum Gasteiger partial charge on any atom is 0.226 e. The molecule has 2 aromatic heterocycles. The predicted octanol–water partition coefficient (Wildman–Crippen LogP) is -0.556. The number of likely N-dealkylation sites (tertiary alicyclic amines) is 1. The number of ether oxygens (including phenoxy) is 5. The summed E-state index contributed by atoms with van der Waals surface area (Å²) < 4.78 is 29.1. The molecule has 0 amide bonds. The van der Waals surface area contributed by atoms with E-state index in [1.165, 1.54) is 4.68 Å². The monoisotopic (exact) mass is 610 g/mol. The Morgan fingerprint density at radius 1 is 1.10 bits per heavy atom. The summed E-state index contributed by atoms with van der Waals surface area (Å²) in [6.07, 6.45) is 3.55. The van der Waals surface area contributed by atoms with Gasteiger partial charge in [0.15, 0.2) is 11.9 Å². The van der Waals surface area contributed by atoms with E-state index in [0.29, 0.717) is 69.7 Å². The fourth-order valence-electron chi connectivity index (χ4n) is 5.52. The molecule has 0 bridgehead atoms. The van der Waals surface area contributed by atoms with E-state index in [0.717, 1.165) is 26.1 Å². The summed E-state index contributed by atoms with van der Waals surface area (Å²) in [5.74, 6) is 3.02. The Bertz CT molecular complexity index is 1230. The van der Waals surface area contributed by atoms with Gasteiger partial charge in [0.25, 0.3) is 0 Å². The van der Waals surface area contributed by atoms with Crippen LogP contribution in [0.2, 0.25) is 5.28 Å². The van der Waals surface area contributed by atoms with Crippen molar-refractivity contribution in [3.05, 3.63) is 11.5 Å².